The average Bonchev–Trinajstić information content (AvgIpc) is 2.64. The van der Waals surface area contributed by atoms with Crippen LogP contribution in [-0.2, 0) is 4.43 Å². The van der Waals surface area contributed by atoms with Gasteiger partial charge in [0.2, 0.25) is 0 Å². The van der Waals surface area contributed by atoms with Crippen molar-refractivity contribution >= 4 is 8.32 Å². The van der Waals surface area contributed by atoms with Crippen LogP contribution in [0.15, 0.2) is 11.6 Å². The topological polar surface area (TPSA) is 9.23 Å². The van der Waals surface area contributed by atoms with Crippen LogP contribution < -0.4 is 0 Å². The van der Waals surface area contributed by atoms with Crippen molar-refractivity contribution in [2.75, 3.05) is 0 Å². The zero-order chi connectivity index (χ0) is 12.9. The lowest BCUT2D eigenvalue weighted by Crippen LogP contribution is -2.39. The van der Waals surface area contributed by atoms with Gasteiger partial charge in [0.15, 0.2) is 8.32 Å². The summed E-state index contributed by atoms with van der Waals surface area (Å²) in [6, 6.07) is 0. The highest BCUT2D eigenvalue weighted by atomic mass is 28.4. The van der Waals surface area contributed by atoms with E-state index in [0.717, 1.165) is 12.8 Å². The van der Waals surface area contributed by atoms with Crippen molar-refractivity contribution in [3.8, 4) is 24.2 Å². The number of rotatable bonds is 3. The van der Waals surface area contributed by atoms with Crippen molar-refractivity contribution < 1.29 is 4.43 Å². The van der Waals surface area contributed by atoms with Crippen LogP contribution in [-0.4, -0.2) is 13.9 Å². The van der Waals surface area contributed by atoms with Gasteiger partial charge in [-0.2, -0.15) is 0 Å². The van der Waals surface area contributed by atoms with Gasteiger partial charge >= 0.3 is 0 Å². The van der Waals surface area contributed by atoms with E-state index in [1.54, 1.807) is 0 Å². The molecular formula is C15H22OSi. The lowest BCUT2D eigenvalue weighted by molar-refractivity contribution is 0.149. The first kappa shape index (κ1) is 14.1. The molecule has 0 fully saturated rings. The van der Waals surface area contributed by atoms with E-state index in [1.165, 1.54) is 12.0 Å². The molecule has 0 saturated heterocycles. The summed E-state index contributed by atoms with van der Waals surface area (Å²) < 4.78 is 6.12. The molecule has 0 radical (unpaired) electrons. The molecule has 1 atom stereocenters. The van der Waals surface area contributed by atoms with Gasteiger partial charge in [0, 0.05) is 6.42 Å². The highest BCUT2D eigenvalue weighted by Crippen LogP contribution is 2.22. The molecule has 0 aliphatic heterocycles. The summed E-state index contributed by atoms with van der Waals surface area (Å²) in [6.07, 6.45) is 11.7. The van der Waals surface area contributed by atoms with Gasteiger partial charge in [-0.3, -0.25) is 0 Å². The number of hydrogen-bond donors (Lipinski definition) is 0. The third-order valence-corrected chi connectivity index (χ3v) is 3.56. The molecule has 0 bridgehead atoms. The van der Waals surface area contributed by atoms with Crippen LogP contribution in [0.3, 0.4) is 0 Å². The van der Waals surface area contributed by atoms with Crippen LogP contribution in [0.5, 0.6) is 0 Å². The Kier molecular flexibility index (Phi) is 4.63. The summed E-state index contributed by atoms with van der Waals surface area (Å²) in [5, 5.41) is 0. The first-order valence-corrected chi connectivity index (χ1v) is 9.61. The van der Waals surface area contributed by atoms with E-state index >= 15 is 0 Å². The molecule has 1 aliphatic rings. The molecule has 2 heteroatoms. The summed E-state index contributed by atoms with van der Waals surface area (Å²) >= 11 is 0. The summed E-state index contributed by atoms with van der Waals surface area (Å²) in [4.78, 5) is 0. The van der Waals surface area contributed by atoms with Gasteiger partial charge in [-0.25, -0.2) is 0 Å². The van der Waals surface area contributed by atoms with Crippen molar-refractivity contribution in [3.05, 3.63) is 11.6 Å². The van der Waals surface area contributed by atoms with Crippen LogP contribution in [0.2, 0.25) is 19.6 Å². The van der Waals surface area contributed by atoms with Crippen LogP contribution in [0.4, 0.5) is 0 Å². The monoisotopic (exact) mass is 246 g/mol. The fourth-order valence-electron chi connectivity index (χ4n) is 1.97. The lowest BCUT2D eigenvalue weighted by atomic mass is 10.0. The van der Waals surface area contributed by atoms with E-state index in [9.17, 15) is 0 Å². The second kappa shape index (κ2) is 5.58. The van der Waals surface area contributed by atoms with Crippen LogP contribution in [0.1, 0.15) is 32.6 Å². The van der Waals surface area contributed by atoms with E-state index in [-0.39, 0.29) is 0 Å². The second-order valence-corrected chi connectivity index (χ2v) is 10.1. The first-order valence-electron chi connectivity index (χ1n) is 6.20. The van der Waals surface area contributed by atoms with Crippen molar-refractivity contribution in [2.24, 2.45) is 0 Å². The Balaban J connectivity index is 2.81. The van der Waals surface area contributed by atoms with Gasteiger partial charge in [-0.05, 0) is 51.4 Å². The SMILES string of the molecule is C#CC[C@](C)(C#CC1=CCCC1)O[Si](C)(C)C. The minimum absolute atomic E-state index is 0.483. The third-order valence-electron chi connectivity index (χ3n) is 2.50. The third kappa shape index (κ3) is 5.26. The first-order chi connectivity index (χ1) is 7.85. The highest BCUT2D eigenvalue weighted by Gasteiger charge is 2.29. The molecule has 0 aromatic rings. The maximum Gasteiger partial charge on any atom is 0.185 e. The van der Waals surface area contributed by atoms with Gasteiger partial charge in [0.1, 0.15) is 5.60 Å². The average molecular weight is 246 g/mol. The largest absolute Gasteiger partial charge is 0.401 e. The quantitative estimate of drug-likeness (QED) is 0.544. The Morgan fingerprint density at radius 1 is 1.47 bits per heavy atom. The smallest absolute Gasteiger partial charge is 0.185 e. The fraction of sp³-hybridized carbons (Fsp3) is 0.600. The predicted molar refractivity (Wildman–Crippen MR) is 76.0 cm³/mol. The molecule has 1 aliphatic carbocycles. The minimum atomic E-state index is -1.62. The van der Waals surface area contributed by atoms with Gasteiger partial charge < -0.3 is 4.43 Å². The molecule has 1 nitrogen and oxygen atoms in total. The van der Waals surface area contributed by atoms with Crippen LogP contribution >= 0.6 is 0 Å². The van der Waals surface area contributed by atoms with Crippen LogP contribution in [0.25, 0.3) is 0 Å². The maximum absolute atomic E-state index is 6.12. The molecule has 0 amide bonds. The van der Waals surface area contributed by atoms with Gasteiger partial charge in [-0.15, -0.1) is 12.3 Å². The normalized spacial score (nSPS) is 18.6. The van der Waals surface area contributed by atoms with E-state index in [0.29, 0.717) is 6.42 Å². The maximum atomic E-state index is 6.12. The molecule has 0 N–H and O–H groups in total. The summed E-state index contributed by atoms with van der Waals surface area (Å²) in [6.45, 7) is 8.50. The zero-order valence-corrected chi connectivity index (χ0v) is 12.4. The van der Waals surface area contributed by atoms with Gasteiger partial charge in [-0.1, -0.05) is 17.9 Å². The number of hydrogen-bond acceptors (Lipinski definition) is 1. The molecular weight excluding hydrogens is 224 g/mol. The molecule has 0 saturated carbocycles. The Labute approximate surface area is 107 Å². The zero-order valence-electron chi connectivity index (χ0n) is 11.4. The highest BCUT2D eigenvalue weighted by molar-refractivity contribution is 6.69. The molecule has 0 unspecified atom stereocenters. The lowest BCUT2D eigenvalue weighted by Gasteiger charge is -2.30. The van der Waals surface area contributed by atoms with E-state index in [4.69, 9.17) is 10.8 Å². The molecule has 0 aromatic carbocycles. The minimum Gasteiger partial charge on any atom is -0.401 e. The van der Waals surface area contributed by atoms with Crippen molar-refractivity contribution in [3.63, 3.8) is 0 Å². The summed E-state index contributed by atoms with van der Waals surface area (Å²) in [5.41, 5.74) is 0.760. The van der Waals surface area contributed by atoms with Crippen molar-refractivity contribution in [1.82, 2.24) is 0 Å². The Bertz CT molecular complexity index is 397. The van der Waals surface area contributed by atoms with Crippen molar-refractivity contribution in [2.45, 2.75) is 57.8 Å². The Hall–Kier alpha value is -0.963. The van der Waals surface area contributed by atoms with Gasteiger partial charge in [0.05, 0.1) is 0 Å². The van der Waals surface area contributed by atoms with Crippen LogP contribution in [0, 0.1) is 24.2 Å². The summed E-state index contributed by atoms with van der Waals surface area (Å²) in [7, 11) is -1.62. The number of allylic oxidation sites excluding steroid dienone is 2. The molecule has 0 spiro atoms. The predicted octanol–water partition coefficient (Wildman–Crippen LogP) is 3.73. The Morgan fingerprint density at radius 3 is 2.65 bits per heavy atom. The molecule has 0 heterocycles. The van der Waals surface area contributed by atoms with E-state index in [2.05, 4.69) is 43.5 Å². The standard InChI is InChI=1S/C15H22OSi/c1-6-12-15(2,16-17(3,4)5)13-11-14-9-7-8-10-14/h1,9H,7-8,10,12H2,2-5H3/t15-/m1/s1. The molecule has 92 valence electrons. The fourth-order valence-corrected chi connectivity index (χ4v) is 3.45. The molecule has 1 rings (SSSR count). The molecule has 0 aromatic heterocycles. The van der Waals surface area contributed by atoms with Gasteiger partial charge in [0.25, 0.3) is 0 Å². The summed E-state index contributed by atoms with van der Waals surface area (Å²) in [5.74, 6) is 9.17. The van der Waals surface area contributed by atoms with E-state index < -0.39 is 13.9 Å². The molecule has 17 heavy (non-hydrogen) atoms. The Morgan fingerprint density at radius 2 is 2.18 bits per heavy atom. The number of terminal acetylenes is 1. The van der Waals surface area contributed by atoms with Crippen molar-refractivity contribution in [1.29, 1.82) is 0 Å². The second-order valence-electron chi connectivity index (χ2n) is 5.70. The van der Waals surface area contributed by atoms with E-state index in [1.807, 2.05) is 6.92 Å².